The summed E-state index contributed by atoms with van der Waals surface area (Å²) in [4.78, 5) is 25.3. The Morgan fingerprint density at radius 2 is 1.55 bits per heavy atom. The Labute approximate surface area is 167 Å². The van der Waals surface area contributed by atoms with E-state index >= 15 is 0 Å². The van der Waals surface area contributed by atoms with Crippen molar-refractivity contribution in [3.05, 3.63) is 59.7 Å². The van der Waals surface area contributed by atoms with Crippen molar-refractivity contribution in [3.8, 4) is 0 Å². The second-order valence-electron chi connectivity index (χ2n) is 7.26. The lowest BCUT2D eigenvalue weighted by molar-refractivity contribution is -0.137. The number of hydrogen-bond donors (Lipinski definition) is 2. The lowest BCUT2D eigenvalue weighted by atomic mass is 9.99. The molecule has 0 heterocycles. The van der Waals surface area contributed by atoms with Gasteiger partial charge in [0.2, 0.25) is 5.91 Å². The summed E-state index contributed by atoms with van der Waals surface area (Å²) in [5.41, 5.74) is -0.252. The fourth-order valence-electron chi connectivity index (χ4n) is 3.54. The summed E-state index contributed by atoms with van der Waals surface area (Å²) in [5, 5.41) is 5.31. The number of amides is 2. The lowest BCUT2D eigenvalue weighted by Gasteiger charge is -2.16. The van der Waals surface area contributed by atoms with Crippen molar-refractivity contribution in [2.75, 3.05) is 10.6 Å². The first-order valence-electron chi connectivity index (χ1n) is 9.73. The zero-order valence-corrected chi connectivity index (χ0v) is 15.9. The molecule has 4 nitrogen and oxygen atoms in total. The molecule has 154 valence electrons. The topological polar surface area (TPSA) is 58.2 Å². The highest BCUT2D eigenvalue weighted by atomic mass is 19.4. The molecule has 7 heteroatoms. The van der Waals surface area contributed by atoms with Crippen LogP contribution < -0.4 is 10.6 Å². The van der Waals surface area contributed by atoms with E-state index in [9.17, 15) is 22.8 Å². The summed E-state index contributed by atoms with van der Waals surface area (Å²) in [5.74, 6) is -0.788. The Bertz CT molecular complexity index is 872. The van der Waals surface area contributed by atoms with Crippen LogP contribution in [0.2, 0.25) is 0 Å². The summed E-state index contributed by atoms with van der Waals surface area (Å²) >= 11 is 0. The number of para-hydroxylation sites is 1. The summed E-state index contributed by atoms with van der Waals surface area (Å²) in [6.07, 6.45) is 1.42. The van der Waals surface area contributed by atoms with E-state index in [0.717, 1.165) is 50.7 Å². The number of anilines is 2. The van der Waals surface area contributed by atoms with Crippen LogP contribution >= 0.6 is 0 Å². The molecule has 0 radical (unpaired) electrons. The van der Waals surface area contributed by atoms with Crippen molar-refractivity contribution >= 4 is 23.2 Å². The van der Waals surface area contributed by atoms with E-state index < -0.39 is 17.6 Å². The minimum absolute atomic E-state index is 0.0368. The molecule has 0 bridgehead atoms. The van der Waals surface area contributed by atoms with E-state index in [0.29, 0.717) is 5.69 Å². The first-order valence-corrected chi connectivity index (χ1v) is 9.73. The van der Waals surface area contributed by atoms with Crippen LogP contribution in [0, 0.1) is 5.92 Å². The van der Waals surface area contributed by atoms with Crippen molar-refractivity contribution in [1.82, 2.24) is 0 Å². The number of rotatable bonds is 4. The molecule has 2 aromatic rings. The molecule has 1 aliphatic rings. The SMILES string of the molecule is O=C(Nc1cccc(C(F)(F)F)c1)c1ccccc1NC(=O)C1CCCCCC1. The van der Waals surface area contributed by atoms with Gasteiger partial charge in [-0.15, -0.1) is 0 Å². The van der Waals surface area contributed by atoms with Gasteiger partial charge in [0.25, 0.3) is 5.91 Å². The number of alkyl halides is 3. The second kappa shape index (κ2) is 9.11. The minimum Gasteiger partial charge on any atom is -0.325 e. The quantitative estimate of drug-likeness (QED) is 0.627. The first kappa shape index (κ1) is 20.9. The largest absolute Gasteiger partial charge is 0.416 e. The van der Waals surface area contributed by atoms with Crippen LogP contribution in [0.15, 0.2) is 48.5 Å². The zero-order chi connectivity index (χ0) is 20.9. The lowest BCUT2D eigenvalue weighted by Crippen LogP contribution is -2.24. The van der Waals surface area contributed by atoms with Crippen molar-refractivity contribution in [1.29, 1.82) is 0 Å². The minimum atomic E-state index is -4.49. The van der Waals surface area contributed by atoms with Crippen LogP contribution in [0.25, 0.3) is 0 Å². The maximum atomic E-state index is 12.9. The van der Waals surface area contributed by atoms with Gasteiger partial charge in [-0.25, -0.2) is 0 Å². The monoisotopic (exact) mass is 404 g/mol. The molecule has 0 saturated heterocycles. The predicted molar refractivity (Wildman–Crippen MR) is 106 cm³/mol. The van der Waals surface area contributed by atoms with Crippen molar-refractivity contribution < 1.29 is 22.8 Å². The average molecular weight is 404 g/mol. The molecule has 0 aromatic heterocycles. The van der Waals surface area contributed by atoms with Gasteiger partial charge in [0.05, 0.1) is 16.8 Å². The number of carbonyl (C=O) groups excluding carboxylic acids is 2. The molecular formula is C22H23F3N2O2. The zero-order valence-electron chi connectivity index (χ0n) is 15.9. The van der Waals surface area contributed by atoms with Gasteiger partial charge < -0.3 is 10.6 Å². The number of benzene rings is 2. The molecule has 0 atom stereocenters. The number of carbonyl (C=O) groups is 2. The van der Waals surface area contributed by atoms with E-state index in [4.69, 9.17) is 0 Å². The molecule has 1 aliphatic carbocycles. The molecule has 2 amide bonds. The van der Waals surface area contributed by atoms with Gasteiger partial charge in [-0.2, -0.15) is 13.2 Å². The smallest absolute Gasteiger partial charge is 0.325 e. The molecule has 1 saturated carbocycles. The normalized spacial score (nSPS) is 15.4. The molecule has 1 fully saturated rings. The van der Waals surface area contributed by atoms with Crippen LogP contribution in [0.5, 0.6) is 0 Å². The second-order valence-corrected chi connectivity index (χ2v) is 7.26. The maximum Gasteiger partial charge on any atom is 0.416 e. The Morgan fingerprint density at radius 1 is 0.862 bits per heavy atom. The predicted octanol–water partition coefficient (Wildman–Crippen LogP) is 5.87. The van der Waals surface area contributed by atoms with E-state index in [1.54, 1.807) is 18.2 Å². The molecular weight excluding hydrogens is 381 g/mol. The Balaban J connectivity index is 1.74. The Hall–Kier alpha value is -2.83. The standard InChI is InChI=1S/C22H23F3N2O2/c23-22(24,25)16-10-7-11-17(14-16)26-21(29)18-12-5-6-13-19(18)27-20(28)15-8-3-1-2-4-9-15/h5-7,10-15H,1-4,8-9H2,(H,26,29)(H,27,28). The fraction of sp³-hybridized carbons (Fsp3) is 0.364. The molecule has 2 N–H and O–H groups in total. The Morgan fingerprint density at radius 3 is 2.24 bits per heavy atom. The first-order chi connectivity index (χ1) is 13.8. The van der Waals surface area contributed by atoms with Gasteiger partial charge in [-0.3, -0.25) is 9.59 Å². The highest BCUT2D eigenvalue weighted by Crippen LogP contribution is 2.31. The van der Waals surface area contributed by atoms with Crippen molar-refractivity contribution in [2.45, 2.75) is 44.7 Å². The van der Waals surface area contributed by atoms with Gasteiger partial charge in [-0.05, 0) is 43.2 Å². The molecule has 2 aromatic carbocycles. The third-order valence-electron chi connectivity index (χ3n) is 5.10. The van der Waals surface area contributed by atoms with E-state index in [1.807, 2.05) is 0 Å². The van der Waals surface area contributed by atoms with Gasteiger partial charge >= 0.3 is 6.18 Å². The summed E-state index contributed by atoms with van der Waals surface area (Å²) in [7, 11) is 0. The molecule has 0 aliphatic heterocycles. The van der Waals surface area contributed by atoms with Crippen LogP contribution in [-0.4, -0.2) is 11.8 Å². The van der Waals surface area contributed by atoms with Gasteiger partial charge in [-0.1, -0.05) is 43.9 Å². The number of nitrogens with one attached hydrogen (secondary N) is 2. The summed E-state index contributed by atoms with van der Waals surface area (Å²) in [6, 6.07) is 10.9. The van der Waals surface area contributed by atoms with Gasteiger partial charge in [0, 0.05) is 11.6 Å². The highest BCUT2D eigenvalue weighted by molar-refractivity contribution is 6.10. The third kappa shape index (κ3) is 5.59. The van der Waals surface area contributed by atoms with Gasteiger partial charge in [0.15, 0.2) is 0 Å². The summed E-state index contributed by atoms with van der Waals surface area (Å²) in [6.45, 7) is 0. The maximum absolute atomic E-state index is 12.9. The van der Waals surface area contributed by atoms with E-state index in [-0.39, 0.29) is 23.1 Å². The van der Waals surface area contributed by atoms with Crippen molar-refractivity contribution in [3.63, 3.8) is 0 Å². The van der Waals surface area contributed by atoms with Crippen LogP contribution in [0.1, 0.15) is 54.4 Å². The van der Waals surface area contributed by atoms with E-state index in [2.05, 4.69) is 10.6 Å². The van der Waals surface area contributed by atoms with Gasteiger partial charge in [0.1, 0.15) is 0 Å². The van der Waals surface area contributed by atoms with Crippen molar-refractivity contribution in [2.24, 2.45) is 5.92 Å². The molecule has 0 unspecified atom stereocenters. The number of hydrogen-bond acceptors (Lipinski definition) is 2. The van der Waals surface area contributed by atoms with Crippen LogP contribution in [0.3, 0.4) is 0 Å². The van der Waals surface area contributed by atoms with Crippen LogP contribution in [-0.2, 0) is 11.0 Å². The fourth-order valence-corrected chi connectivity index (χ4v) is 3.54. The number of halogens is 3. The third-order valence-corrected chi connectivity index (χ3v) is 5.10. The van der Waals surface area contributed by atoms with E-state index in [1.165, 1.54) is 18.2 Å². The average Bonchev–Trinajstić information content (AvgIpc) is 2.97. The highest BCUT2D eigenvalue weighted by Gasteiger charge is 2.30. The molecule has 0 spiro atoms. The Kier molecular flexibility index (Phi) is 6.56. The van der Waals surface area contributed by atoms with Crippen LogP contribution in [0.4, 0.5) is 24.5 Å². The molecule has 29 heavy (non-hydrogen) atoms. The molecule has 3 rings (SSSR count). The summed E-state index contributed by atoms with van der Waals surface area (Å²) < 4.78 is 38.6.